The molecule has 0 aromatic heterocycles. The van der Waals surface area contributed by atoms with E-state index in [1.165, 1.54) is 0 Å². The first kappa shape index (κ1) is 11.8. The average molecular weight is 175 g/mol. The third kappa shape index (κ3) is 5.49. The number of hydrogen-bond acceptors (Lipinski definition) is 4. The van der Waals surface area contributed by atoms with E-state index in [0.717, 1.165) is 19.6 Å². The molecule has 0 heterocycles. The number of nitrogens with zero attached hydrogens (tertiary/aromatic N) is 1. The summed E-state index contributed by atoms with van der Waals surface area (Å²) in [6, 6.07) is -0.0232. The summed E-state index contributed by atoms with van der Waals surface area (Å²) in [4.78, 5) is 2.22. The molecule has 0 spiro atoms. The summed E-state index contributed by atoms with van der Waals surface area (Å²) in [5, 5.41) is 8.86. The molecule has 0 rings (SSSR count). The van der Waals surface area contributed by atoms with Gasteiger partial charge in [-0.15, -0.1) is 0 Å². The quantitative estimate of drug-likeness (QED) is 0.468. The number of likely N-dealkylation sites (N-methyl/N-ethyl adjacent to an activating group) is 1. The molecule has 0 bridgehead atoms. The monoisotopic (exact) mass is 175 g/mol. The van der Waals surface area contributed by atoms with Crippen molar-refractivity contribution in [1.82, 2.24) is 4.90 Å². The molecule has 0 aliphatic carbocycles. The maximum absolute atomic E-state index is 8.86. The van der Waals surface area contributed by atoms with Gasteiger partial charge in [-0.2, -0.15) is 0 Å². The minimum absolute atomic E-state index is 0.0232. The minimum Gasteiger partial charge on any atom is -0.379 e. The molecule has 2 atom stereocenters. The zero-order valence-corrected chi connectivity index (χ0v) is 8.03. The fourth-order valence-corrected chi connectivity index (χ4v) is 1.20. The Kier molecular flexibility index (Phi) is 6.28. The van der Waals surface area contributed by atoms with Gasteiger partial charge in [0.15, 0.2) is 0 Å². The van der Waals surface area contributed by atoms with Crippen molar-refractivity contribution in [1.29, 1.82) is 0 Å². The second kappa shape index (κ2) is 6.37. The van der Waals surface area contributed by atoms with Crippen LogP contribution in [0.2, 0.25) is 0 Å². The van der Waals surface area contributed by atoms with Gasteiger partial charge in [0, 0.05) is 19.0 Å². The molecule has 0 amide bonds. The molecule has 0 radical (unpaired) electrons. The van der Waals surface area contributed by atoms with Crippen LogP contribution in [0.15, 0.2) is 0 Å². The number of nitrogens with two attached hydrogens (primary N) is 2. The molecule has 2 unspecified atom stereocenters. The van der Waals surface area contributed by atoms with Crippen molar-refractivity contribution in [3.8, 4) is 0 Å². The Balaban J connectivity index is 3.58. The van der Waals surface area contributed by atoms with Gasteiger partial charge in [-0.25, -0.2) is 0 Å². The van der Waals surface area contributed by atoms with E-state index in [9.17, 15) is 0 Å². The van der Waals surface area contributed by atoms with Gasteiger partial charge in [0.1, 0.15) is 6.23 Å². The summed E-state index contributed by atoms with van der Waals surface area (Å²) >= 11 is 0. The zero-order valence-electron chi connectivity index (χ0n) is 8.03. The molecule has 0 aromatic rings. The molecule has 5 N–H and O–H groups in total. The molecular formula is C8H21N3O. The molecule has 12 heavy (non-hydrogen) atoms. The third-order valence-electron chi connectivity index (χ3n) is 1.93. The van der Waals surface area contributed by atoms with Crippen LogP contribution >= 0.6 is 0 Å². The molecule has 0 aliphatic rings. The molecule has 4 heteroatoms. The van der Waals surface area contributed by atoms with Gasteiger partial charge in [-0.3, -0.25) is 0 Å². The fraction of sp³-hybridized carbons (Fsp3) is 1.00. The summed E-state index contributed by atoms with van der Waals surface area (Å²) in [6.45, 7) is 6.97. The molecule has 0 saturated heterocycles. The van der Waals surface area contributed by atoms with E-state index in [4.69, 9.17) is 16.6 Å². The maximum atomic E-state index is 8.86. The maximum Gasteiger partial charge on any atom is 0.103 e. The second-order valence-corrected chi connectivity index (χ2v) is 3.05. The van der Waals surface area contributed by atoms with Crippen LogP contribution in [-0.4, -0.2) is 41.9 Å². The molecule has 4 nitrogen and oxygen atoms in total. The van der Waals surface area contributed by atoms with Crippen LogP contribution in [0.3, 0.4) is 0 Å². The molecule has 0 aromatic carbocycles. The summed E-state index contributed by atoms with van der Waals surface area (Å²) in [5.74, 6) is 0. The van der Waals surface area contributed by atoms with Crippen LogP contribution in [0.4, 0.5) is 0 Å². The van der Waals surface area contributed by atoms with Crippen molar-refractivity contribution >= 4 is 0 Å². The number of aliphatic hydroxyl groups excluding tert-OH is 1. The van der Waals surface area contributed by atoms with E-state index < -0.39 is 6.23 Å². The first-order valence-electron chi connectivity index (χ1n) is 4.51. The average Bonchev–Trinajstić information content (AvgIpc) is 1.98. The lowest BCUT2D eigenvalue weighted by atomic mass is 10.2. The van der Waals surface area contributed by atoms with E-state index in [0.29, 0.717) is 6.42 Å². The van der Waals surface area contributed by atoms with Crippen molar-refractivity contribution in [2.45, 2.75) is 32.5 Å². The zero-order chi connectivity index (χ0) is 9.56. The van der Waals surface area contributed by atoms with Gasteiger partial charge < -0.3 is 21.5 Å². The van der Waals surface area contributed by atoms with Gasteiger partial charge in [0.05, 0.1) is 0 Å². The fourth-order valence-electron chi connectivity index (χ4n) is 1.20. The second-order valence-electron chi connectivity index (χ2n) is 3.05. The van der Waals surface area contributed by atoms with Crippen LogP contribution in [0.25, 0.3) is 0 Å². The highest BCUT2D eigenvalue weighted by atomic mass is 16.3. The lowest BCUT2D eigenvalue weighted by molar-refractivity contribution is 0.151. The van der Waals surface area contributed by atoms with Gasteiger partial charge >= 0.3 is 0 Å². The van der Waals surface area contributed by atoms with Gasteiger partial charge in [-0.05, 0) is 13.1 Å². The minimum atomic E-state index is -0.782. The number of aliphatic hydroxyl groups is 1. The molecule has 0 fully saturated rings. The van der Waals surface area contributed by atoms with E-state index in [1.54, 1.807) is 0 Å². The van der Waals surface area contributed by atoms with Crippen molar-refractivity contribution in [3.63, 3.8) is 0 Å². The Morgan fingerprint density at radius 2 is 1.75 bits per heavy atom. The van der Waals surface area contributed by atoms with E-state index >= 15 is 0 Å². The smallest absolute Gasteiger partial charge is 0.103 e. The highest BCUT2D eigenvalue weighted by molar-refractivity contribution is 4.68. The Bertz CT molecular complexity index is 104. The van der Waals surface area contributed by atoms with Crippen LogP contribution in [-0.2, 0) is 0 Å². The molecule has 0 saturated carbocycles. The standard InChI is InChI=1S/C8H21N3O/c1-3-11(4-2)6-7(9)5-8(10)12/h7-8,12H,3-6,9-10H2,1-2H3. The number of hydrogen-bond donors (Lipinski definition) is 3. The summed E-state index contributed by atoms with van der Waals surface area (Å²) in [7, 11) is 0. The van der Waals surface area contributed by atoms with E-state index in [2.05, 4.69) is 18.7 Å². The number of rotatable bonds is 6. The van der Waals surface area contributed by atoms with Crippen molar-refractivity contribution < 1.29 is 5.11 Å². The Hall–Kier alpha value is -0.160. The summed E-state index contributed by atoms with van der Waals surface area (Å²) in [5.41, 5.74) is 11.0. The van der Waals surface area contributed by atoms with E-state index in [1.807, 2.05) is 0 Å². The first-order valence-corrected chi connectivity index (χ1v) is 4.51. The van der Waals surface area contributed by atoms with E-state index in [-0.39, 0.29) is 6.04 Å². The van der Waals surface area contributed by atoms with Crippen LogP contribution in [0, 0.1) is 0 Å². The molecule has 0 aliphatic heterocycles. The lowest BCUT2D eigenvalue weighted by Gasteiger charge is -2.23. The largest absolute Gasteiger partial charge is 0.379 e. The van der Waals surface area contributed by atoms with Gasteiger partial charge in [0.25, 0.3) is 0 Å². The third-order valence-corrected chi connectivity index (χ3v) is 1.93. The highest BCUT2D eigenvalue weighted by Gasteiger charge is 2.09. The first-order chi connectivity index (χ1) is 5.60. The lowest BCUT2D eigenvalue weighted by Crippen LogP contribution is -2.41. The highest BCUT2D eigenvalue weighted by Crippen LogP contribution is 1.95. The van der Waals surface area contributed by atoms with Crippen molar-refractivity contribution in [3.05, 3.63) is 0 Å². The summed E-state index contributed by atoms with van der Waals surface area (Å²) < 4.78 is 0. The normalized spacial score (nSPS) is 16.5. The van der Waals surface area contributed by atoms with Gasteiger partial charge in [0.2, 0.25) is 0 Å². The molecular weight excluding hydrogens is 154 g/mol. The van der Waals surface area contributed by atoms with Crippen LogP contribution < -0.4 is 11.5 Å². The summed E-state index contributed by atoms with van der Waals surface area (Å²) in [6.07, 6.45) is -0.313. The SMILES string of the molecule is CCN(CC)CC(N)CC(N)O. The Morgan fingerprint density at radius 1 is 1.25 bits per heavy atom. The topological polar surface area (TPSA) is 75.5 Å². The van der Waals surface area contributed by atoms with Crippen molar-refractivity contribution in [2.24, 2.45) is 11.5 Å². The molecule has 74 valence electrons. The van der Waals surface area contributed by atoms with Crippen molar-refractivity contribution in [2.75, 3.05) is 19.6 Å². The predicted molar refractivity (Wildman–Crippen MR) is 50.6 cm³/mol. The Morgan fingerprint density at radius 3 is 2.08 bits per heavy atom. The predicted octanol–water partition coefficient (Wildman–Crippen LogP) is -0.677. The Labute approximate surface area is 74.5 Å². The van der Waals surface area contributed by atoms with Crippen LogP contribution in [0.1, 0.15) is 20.3 Å². The van der Waals surface area contributed by atoms with Crippen LogP contribution in [0.5, 0.6) is 0 Å². The van der Waals surface area contributed by atoms with Gasteiger partial charge in [-0.1, -0.05) is 13.8 Å².